The fraction of sp³-hybridized carbons (Fsp3) is 0.667. The van der Waals surface area contributed by atoms with Gasteiger partial charge in [-0.15, -0.1) is 0 Å². The van der Waals surface area contributed by atoms with E-state index in [0.29, 0.717) is 37.2 Å². The second-order valence-corrected chi connectivity index (χ2v) is 10.1. The fourth-order valence-electron chi connectivity index (χ4n) is 4.60. The van der Waals surface area contributed by atoms with E-state index in [1.807, 2.05) is 6.07 Å². The molecule has 0 amide bonds. The zero-order valence-corrected chi connectivity index (χ0v) is 18.3. The molecule has 2 aromatic rings. The third-order valence-electron chi connectivity index (χ3n) is 6.31. The smallest absolute Gasteiger partial charge is 0.243 e. The molecule has 0 N–H and O–H groups in total. The van der Waals surface area contributed by atoms with Gasteiger partial charge in [-0.2, -0.15) is 4.31 Å². The number of ether oxygens (including phenoxy) is 1. The number of hydrogen-bond donors (Lipinski definition) is 0. The normalized spacial score (nSPS) is 20.0. The van der Waals surface area contributed by atoms with E-state index in [0.717, 1.165) is 29.9 Å². The van der Waals surface area contributed by atoms with Gasteiger partial charge in [0.25, 0.3) is 0 Å². The predicted molar refractivity (Wildman–Crippen MR) is 113 cm³/mol. The summed E-state index contributed by atoms with van der Waals surface area (Å²) >= 11 is 0. The van der Waals surface area contributed by atoms with Gasteiger partial charge >= 0.3 is 0 Å². The van der Waals surface area contributed by atoms with E-state index in [9.17, 15) is 8.42 Å². The highest BCUT2D eigenvalue weighted by Gasteiger charge is 2.27. The maximum atomic E-state index is 13.0. The minimum atomic E-state index is -3.51. The molecule has 0 spiro atoms. The van der Waals surface area contributed by atoms with Crippen LogP contribution in [0.3, 0.4) is 0 Å². The van der Waals surface area contributed by atoms with Crippen molar-refractivity contribution in [3.63, 3.8) is 0 Å². The zero-order valence-electron chi connectivity index (χ0n) is 17.5. The molecule has 0 bridgehead atoms. The van der Waals surface area contributed by atoms with Crippen molar-refractivity contribution >= 4 is 21.1 Å². The fourth-order valence-corrected chi connectivity index (χ4v) is 6.03. The van der Waals surface area contributed by atoms with Gasteiger partial charge in [-0.1, -0.05) is 19.3 Å². The van der Waals surface area contributed by atoms with Gasteiger partial charge in [0.15, 0.2) is 0 Å². The number of sulfonamides is 1. The molecule has 2 heterocycles. The number of hydrogen-bond acceptors (Lipinski definition) is 5. The SMILES string of the molecule is CCn1c(CN(C)C2CCCCC2)nc2cc(S(=O)(=O)N3CCOCC3)ccc21. The van der Waals surface area contributed by atoms with Crippen molar-refractivity contribution in [2.45, 2.75) is 63.1 Å². The quantitative estimate of drug-likeness (QED) is 0.719. The standard InChI is InChI=1S/C21H32N4O3S/c1-3-25-20-10-9-18(29(26,27)24-11-13-28-14-12-24)15-19(20)22-21(25)16-23(2)17-7-5-4-6-8-17/h9-10,15,17H,3-8,11-14,16H2,1-2H3. The molecule has 0 unspecified atom stereocenters. The summed E-state index contributed by atoms with van der Waals surface area (Å²) in [6, 6.07) is 5.97. The third kappa shape index (κ3) is 4.21. The van der Waals surface area contributed by atoms with Crippen LogP contribution in [0.4, 0.5) is 0 Å². The first-order chi connectivity index (χ1) is 14.0. The molecule has 1 aromatic heterocycles. The lowest BCUT2D eigenvalue weighted by atomic mass is 9.94. The summed E-state index contributed by atoms with van der Waals surface area (Å²) in [5.74, 6) is 1.01. The minimum Gasteiger partial charge on any atom is -0.379 e. The summed E-state index contributed by atoms with van der Waals surface area (Å²) in [7, 11) is -1.33. The van der Waals surface area contributed by atoms with Crippen LogP contribution in [0.5, 0.6) is 0 Å². The van der Waals surface area contributed by atoms with Crippen LogP contribution in [0.25, 0.3) is 11.0 Å². The van der Waals surface area contributed by atoms with Gasteiger partial charge in [-0.3, -0.25) is 4.90 Å². The molecular weight excluding hydrogens is 388 g/mol. The van der Waals surface area contributed by atoms with Crippen molar-refractivity contribution in [1.82, 2.24) is 18.8 Å². The molecule has 1 aromatic carbocycles. The van der Waals surface area contributed by atoms with Crippen LogP contribution in [0.15, 0.2) is 23.1 Å². The Labute approximate surface area is 173 Å². The van der Waals surface area contributed by atoms with Crippen LogP contribution < -0.4 is 0 Å². The highest BCUT2D eigenvalue weighted by atomic mass is 32.2. The maximum absolute atomic E-state index is 13.0. The highest BCUT2D eigenvalue weighted by Crippen LogP contribution is 2.26. The van der Waals surface area contributed by atoms with Gasteiger partial charge in [0.05, 0.1) is 35.7 Å². The van der Waals surface area contributed by atoms with Crippen LogP contribution in [-0.2, 0) is 27.8 Å². The number of benzene rings is 1. The van der Waals surface area contributed by atoms with Gasteiger partial charge in [-0.05, 0) is 45.0 Å². The Morgan fingerprint density at radius 2 is 1.90 bits per heavy atom. The van der Waals surface area contributed by atoms with Crippen molar-refractivity contribution in [3.05, 3.63) is 24.0 Å². The number of aromatic nitrogens is 2. The van der Waals surface area contributed by atoms with Crippen molar-refractivity contribution in [2.75, 3.05) is 33.4 Å². The van der Waals surface area contributed by atoms with Gasteiger partial charge in [0.1, 0.15) is 5.82 Å². The van der Waals surface area contributed by atoms with E-state index in [-0.39, 0.29) is 0 Å². The van der Waals surface area contributed by atoms with Crippen molar-refractivity contribution < 1.29 is 13.2 Å². The third-order valence-corrected chi connectivity index (χ3v) is 8.21. The molecule has 7 nitrogen and oxygen atoms in total. The molecule has 8 heteroatoms. The van der Waals surface area contributed by atoms with Gasteiger partial charge in [-0.25, -0.2) is 13.4 Å². The largest absolute Gasteiger partial charge is 0.379 e. The summed E-state index contributed by atoms with van der Waals surface area (Å²) in [5.41, 5.74) is 1.76. The Balaban J connectivity index is 1.62. The summed E-state index contributed by atoms with van der Waals surface area (Å²) in [6.07, 6.45) is 6.47. The Bertz CT molecular complexity index is 944. The average molecular weight is 421 g/mol. The Kier molecular flexibility index (Phi) is 6.24. The lowest BCUT2D eigenvalue weighted by molar-refractivity contribution is 0.0730. The summed E-state index contributed by atoms with van der Waals surface area (Å²) in [5, 5.41) is 0. The molecule has 1 aliphatic heterocycles. The lowest BCUT2D eigenvalue weighted by Gasteiger charge is -2.30. The summed E-state index contributed by atoms with van der Waals surface area (Å²) in [4.78, 5) is 7.59. The number of fused-ring (bicyclic) bond motifs is 1. The van der Waals surface area contributed by atoms with Crippen LogP contribution >= 0.6 is 0 Å². The molecule has 1 aliphatic carbocycles. The molecular formula is C21H32N4O3S. The molecule has 2 fully saturated rings. The molecule has 1 saturated carbocycles. The number of aryl methyl sites for hydroxylation is 1. The first kappa shape index (κ1) is 20.8. The molecule has 0 radical (unpaired) electrons. The number of nitrogens with zero attached hydrogens (tertiary/aromatic N) is 4. The van der Waals surface area contributed by atoms with Crippen molar-refractivity contribution in [3.8, 4) is 0 Å². The van der Waals surface area contributed by atoms with Gasteiger partial charge < -0.3 is 9.30 Å². The average Bonchev–Trinajstić information content (AvgIpc) is 3.11. The number of imidazole rings is 1. The van der Waals surface area contributed by atoms with Crippen LogP contribution in [-0.4, -0.2) is 66.6 Å². The first-order valence-corrected chi connectivity index (χ1v) is 12.2. The molecule has 29 heavy (non-hydrogen) atoms. The number of rotatable bonds is 6. The monoisotopic (exact) mass is 420 g/mol. The van der Waals surface area contributed by atoms with Crippen LogP contribution in [0.1, 0.15) is 44.9 Å². The van der Waals surface area contributed by atoms with E-state index in [4.69, 9.17) is 9.72 Å². The molecule has 2 aliphatic rings. The summed E-state index contributed by atoms with van der Waals surface area (Å²) < 4.78 is 35.0. The van der Waals surface area contributed by atoms with E-state index >= 15 is 0 Å². The molecule has 160 valence electrons. The van der Waals surface area contributed by atoms with Crippen LogP contribution in [0, 0.1) is 0 Å². The van der Waals surface area contributed by atoms with Crippen LogP contribution in [0.2, 0.25) is 0 Å². The summed E-state index contributed by atoms with van der Waals surface area (Å²) in [6.45, 7) is 5.43. The van der Waals surface area contributed by atoms with Gasteiger partial charge in [0.2, 0.25) is 10.0 Å². The lowest BCUT2D eigenvalue weighted by Crippen LogP contribution is -2.40. The number of morpholine rings is 1. The van der Waals surface area contributed by atoms with E-state index in [2.05, 4.69) is 23.4 Å². The topological polar surface area (TPSA) is 67.7 Å². The second-order valence-electron chi connectivity index (χ2n) is 8.15. The van der Waals surface area contributed by atoms with Crippen molar-refractivity contribution in [2.24, 2.45) is 0 Å². The minimum absolute atomic E-state index is 0.319. The second kappa shape index (κ2) is 8.71. The molecule has 4 rings (SSSR count). The first-order valence-electron chi connectivity index (χ1n) is 10.8. The predicted octanol–water partition coefficient (Wildman–Crippen LogP) is 2.84. The Morgan fingerprint density at radius 3 is 2.59 bits per heavy atom. The zero-order chi connectivity index (χ0) is 20.4. The molecule has 0 atom stereocenters. The highest BCUT2D eigenvalue weighted by molar-refractivity contribution is 7.89. The van der Waals surface area contributed by atoms with Crippen molar-refractivity contribution in [1.29, 1.82) is 0 Å². The van der Waals surface area contributed by atoms with E-state index < -0.39 is 10.0 Å². The maximum Gasteiger partial charge on any atom is 0.243 e. The van der Waals surface area contributed by atoms with Gasteiger partial charge in [0, 0.05) is 25.7 Å². The molecule has 1 saturated heterocycles. The Morgan fingerprint density at radius 1 is 1.17 bits per heavy atom. The van der Waals surface area contributed by atoms with E-state index in [1.165, 1.54) is 36.4 Å². The Hall–Kier alpha value is -1.48. The van der Waals surface area contributed by atoms with E-state index in [1.54, 1.807) is 12.1 Å².